The van der Waals surface area contributed by atoms with E-state index in [1.54, 1.807) is 31.0 Å². The van der Waals surface area contributed by atoms with Crippen LogP contribution < -0.4 is 33.4 Å². The number of rotatable bonds is 12. The second-order valence-electron chi connectivity index (χ2n) is 7.36. The number of aromatic nitrogens is 1. The van der Waals surface area contributed by atoms with Crippen LogP contribution in [0.2, 0.25) is 10.0 Å². The van der Waals surface area contributed by atoms with E-state index in [0.717, 1.165) is 41.7 Å². The van der Waals surface area contributed by atoms with Gasteiger partial charge in [0, 0.05) is 10.6 Å². The van der Waals surface area contributed by atoms with Crippen molar-refractivity contribution in [3.8, 4) is 11.5 Å². The van der Waals surface area contributed by atoms with Gasteiger partial charge >= 0.3 is 18.9 Å². The number of halogens is 2. The number of hydrogen-bond acceptors (Lipinski definition) is 6. The fourth-order valence-corrected chi connectivity index (χ4v) is 4.31. The summed E-state index contributed by atoms with van der Waals surface area (Å²) in [6.45, 7) is 0.501. The van der Waals surface area contributed by atoms with E-state index >= 15 is 0 Å². The summed E-state index contributed by atoms with van der Waals surface area (Å²) in [5.74, 6) is 0.662. The van der Waals surface area contributed by atoms with Gasteiger partial charge in [0.15, 0.2) is 0 Å². The predicted octanol–water partition coefficient (Wildman–Crippen LogP) is 2.86. The number of pyridine rings is 1. The molecule has 0 unspecified atom stereocenters. The molecule has 178 valence electrons. The Morgan fingerprint density at radius 1 is 1.06 bits per heavy atom. The Morgan fingerprint density at radius 3 is 2.51 bits per heavy atom. The van der Waals surface area contributed by atoms with Crippen molar-refractivity contribution in [1.29, 1.82) is 0 Å². The molecule has 0 saturated carbocycles. The van der Waals surface area contributed by atoms with Gasteiger partial charge in [0.05, 0.1) is 35.4 Å². The summed E-state index contributed by atoms with van der Waals surface area (Å²) in [4.78, 5) is 16.4. The van der Waals surface area contributed by atoms with Crippen LogP contribution in [0.4, 0.5) is 0 Å². The molecule has 1 heterocycles. The van der Waals surface area contributed by atoms with Crippen LogP contribution in [0.3, 0.4) is 0 Å². The predicted molar refractivity (Wildman–Crippen MR) is 136 cm³/mol. The fourth-order valence-electron chi connectivity index (χ4n) is 3.10. The van der Waals surface area contributed by atoms with Crippen LogP contribution in [0.25, 0.3) is 6.08 Å². The number of nitrogens with zero attached hydrogens (tertiary/aromatic N) is 1. The average molecular weight is 524 g/mol. The number of thioether (sulfide) groups is 1. The number of carboxylic acids is 1. The van der Waals surface area contributed by atoms with Gasteiger partial charge in [-0.25, -0.2) is 4.98 Å². The molecule has 0 aliphatic carbocycles. The molecule has 0 saturated heterocycles. The van der Waals surface area contributed by atoms with Gasteiger partial charge in [0.25, 0.3) is 0 Å². The zero-order chi connectivity index (χ0) is 24.3. The van der Waals surface area contributed by atoms with Crippen molar-refractivity contribution in [2.75, 3.05) is 13.7 Å². The molecule has 5 nitrogen and oxygen atoms in total. The van der Waals surface area contributed by atoms with E-state index in [0.29, 0.717) is 33.8 Å². The van der Waals surface area contributed by atoms with Gasteiger partial charge in [-0.2, -0.15) is 0 Å². The molecule has 0 atom stereocenters. The maximum Gasteiger partial charge on any atom is 1.00 e. The zero-order valence-corrected chi connectivity index (χ0v) is 22.0. The molecule has 9 heteroatoms. The Morgan fingerprint density at radius 2 is 1.83 bits per heavy atom. The third-order valence-corrected chi connectivity index (χ3v) is 6.64. The van der Waals surface area contributed by atoms with Crippen molar-refractivity contribution >= 4 is 47.0 Å². The molecule has 0 bridgehead atoms. The molecular formula is C26H24Cl2LiNO4S. The van der Waals surface area contributed by atoms with E-state index in [9.17, 15) is 9.90 Å². The van der Waals surface area contributed by atoms with E-state index in [1.165, 1.54) is 11.6 Å². The van der Waals surface area contributed by atoms with Crippen molar-refractivity contribution in [1.82, 2.24) is 4.98 Å². The van der Waals surface area contributed by atoms with Gasteiger partial charge in [-0.05, 0) is 79.4 Å². The van der Waals surface area contributed by atoms with E-state index in [1.807, 2.05) is 30.3 Å². The monoisotopic (exact) mass is 523 g/mol. The molecule has 2 aromatic carbocycles. The number of carbonyl (C=O) groups is 1. The van der Waals surface area contributed by atoms with Crippen LogP contribution in [0.15, 0.2) is 65.6 Å². The molecule has 0 radical (unpaired) electrons. The number of aryl methyl sites for hydroxylation is 1. The Bertz CT molecular complexity index is 1140. The summed E-state index contributed by atoms with van der Waals surface area (Å²) in [5.41, 5.74) is 2.47. The number of carbonyl (C=O) groups excluding carboxylic acids is 1. The van der Waals surface area contributed by atoms with E-state index < -0.39 is 5.97 Å². The quantitative estimate of drug-likeness (QED) is 0.157. The first-order valence-corrected chi connectivity index (χ1v) is 12.4. The van der Waals surface area contributed by atoms with Gasteiger partial charge in [0.2, 0.25) is 0 Å². The molecule has 3 rings (SSSR count). The third kappa shape index (κ3) is 9.83. The number of methoxy groups -OCH3 is 1. The number of ether oxygens (including phenoxy) is 2. The first kappa shape index (κ1) is 29.2. The van der Waals surface area contributed by atoms with Gasteiger partial charge in [-0.1, -0.05) is 35.3 Å². The first-order chi connectivity index (χ1) is 16.4. The smallest absolute Gasteiger partial charge is 0.545 e. The number of benzene rings is 2. The SMILES string of the molecule is COc1ccc(CCCCOc2ccc(CSc3ccc(Cl)c(Cl)c3)nc2/C=C/C(=O)[O-])cc1.[Li+]. The number of hydrogen-bond donors (Lipinski definition) is 0. The second kappa shape index (κ2) is 15.1. The molecule has 35 heavy (non-hydrogen) atoms. The normalized spacial score (nSPS) is 10.7. The summed E-state index contributed by atoms with van der Waals surface area (Å²) in [6, 6.07) is 17.1. The van der Waals surface area contributed by atoms with Crippen LogP contribution in [0.5, 0.6) is 11.5 Å². The number of unbranched alkanes of at least 4 members (excludes halogenated alkanes) is 1. The molecule has 0 fully saturated rings. The largest absolute Gasteiger partial charge is 1.00 e. The third-order valence-electron chi connectivity index (χ3n) is 4.88. The Hall–Kier alpha value is -2.07. The molecule has 0 aliphatic heterocycles. The molecule has 0 amide bonds. The molecule has 0 N–H and O–H groups in total. The minimum Gasteiger partial charge on any atom is -0.545 e. The molecule has 3 aromatic rings. The molecule has 1 aromatic heterocycles. The van der Waals surface area contributed by atoms with Crippen LogP contribution in [-0.4, -0.2) is 24.7 Å². The summed E-state index contributed by atoms with van der Waals surface area (Å²) < 4.78 is 11.1. The summed E-state index contributed by atoms with van der Waals surface area (Å²) >= 11 is 13.6. The van der Waals surface area contributed by atoms with Gasteiger partial charge < -0.3 is 19.4 Å². The summed E-state index contributed by atoms with van der Waals surface area (Å²) in [7, 11) is 1.65. The first-order valence-electron chi connectivity index (χ1n) is 10.7. The maximum atomic E-state index is 10.9. The minimum atomic E-state index is -1.29. The molecule has 0 spiro atoms. The van der Waals surface area contributed by atoms with Crippen LogP contribution >= 0.6 is 35.0 Å². The van der Waals surface area contributed by atoms with E-state index in [-0.39, 0.29) is 18.9 Å². The standard InChI is InChI=1S/C26H25Cl2NO4S.Li/c1-32-20-8-5-18(6-9-20)4-2-3-15-33-25-13-7-19(29-24(25)12-14-26(30)31)17-34-21-10-11-22(27)23(28)16-21;/h5-14,16H,2-4,15,17H2,1H3,(H,30,31);/q;+1/p-1/b14-12+;. The van der Waals surface area contributed by atoms with E-state index in [2.05, 4.69) is 17.1 Å². The van der Waals surface area contributed by atoms with Crippen molar-refractivity contribution in [3.05, 3.63) is 87.7 Å². The molecular weight excluding hydrogens is 500 g/mol. The van der Waals surface area contributed by atoms with Crippen LogP contribution in [0.1, 0.15) is 29.8 Å². The summed E-state index contributed by atoms with van der Waals surface area (Å²) in [6.07, 6.45) is 5.10. The van der Waals surface area contributed by atoms with Crippen molar-refractivity contribution in [2.45, 2.75) is 29.9 Å². The number of aliphatic carboxylic acids is 1. The number of carboxylic acid groups (broad SMARTS) is 1. The van der Waals surface area contributed by atoms with Gasteiger partial charge in [-0.3, -0.25) is 0 Å². The Kier molecular flexibility index (Phi) is 12.6. The minimum absolute atomic E-state index is 0. The maximum absolute atomic E-state index is 10.9. The average Bonchev–Trinajstić information content (AvgIpc) is 2.84. The Labute approximate surface area is 232 Å². The topological polar surface area (TPSA) is 71.5 Å². The van der Waals surface area contributed by atoms with E-state index in [4.69, 9.17) is 32.7 Å². The van der Waals surface area contributed by atoms with Crippen molar-refractivity contribution in [2.24, 2.45) is 0 Å². The molecule has 0 aliphatic rings. The Balaban J connectivity index is 0.00000432. The second-order valence-corrected chi connectivity index (χ2v) is 9.22. The zero-order valence-electron chi connectivity index (χ0n) is 19.6. The fraction of sp³-hybridized carbons (Fsp3) is 0.231. The summed E-state index contributed by atoms with van der Waals surface area (Å²) in [5, 5.41) is 11.9. The van der Waals surface area contributed by atoms with Crippen LogP contribution in [-0.2, 0) is 17.0 Å². The van der Waals surface area contributed by atoms with Crippen molar-refractivity contribution < 1.29 is 38.2 Å². The van der Waals surface area contributed by atoms with Crippen molar-refractivity contribution in [3.63, 3.8) is 0 Å². The van der Waals surface area contributed by atoms with Gasteiger partial charge in [0.1, 0.15) is 17.2 Å². The van der Waals surface area contributed by atoms with Crippen LogP contribution in [0, 0.1) is 0 Å². The van der Waals surface area contributed by atoms with Gasteiger partial charge in [-0.15, -0.1) is 11.8 Å².